The van der Waals surface area contributed by atoms with Crippen molar-refractivity contribution in [1.82, 2.24) is 10.3 Å². The number of aromatic nitrogens is 1. The zero-order chi connectivity index (χ0) is 22.1. The molecule has 1 N–H and O–H groups in total. The Bertz CT molecular complexity index is 978. The Hall–Kier alpha value is -3.41. The van der Waals surface area contributed by atoms with Crippen molar-refractivity contribution < 1.29 is 18.7 Å². The fourth-order valence-corrected chi connectivity index (χ4v) is 3.06. The fraction of sp³-hybridized carbons (Fsp3) is 0.320. The summed E-state index contributed by atoms with van der Waals surface area (Å²) in [5, 5.41) is 2.77. The molecule has 1 aromatic heterocycles. The summed E-state index contributed by atoms with van der Waals surface area (Å²) in [5.74, 6) is 0.845. The van der Waals surface area contributed by atoms with Gasteiger partial charge in [-0.1, -0.05) is 68.4 Å². The first-order valence-electron chi connectivity index (χ1n) is 10.5. The minimum Gasteiger partial charge on any atom is -0.456 e. The highest BCUT2D eigenvalue weighted by Gasteiger charge is 2.11. The molecule has 6 heteroatoms. The van der Waals surface area contributed by atoms with Crippen molar-refractivity contribution in [2.24, 2.45) is 0 Å². The van der Waals surface area contributed by atoms with Crippen LogP contribution in [0.15, 0.2) is 65.2 Å². The molecule has 31 heavy (non-hydrogen) atoms. The lowest BCUT2D eigenvalue weighted by Gasteiger charge is -2.08. The molecule has 0 unspecified atom stereocenters. The van der Waals surface area contributed by atoms with Crippen molar-refractivity contribution in [3.8, 4) is 11.3 Å². The lowest BCUT2D eigenvalue weighted by Crippen LogP contribution is -2.30. The quantitative estimate of drug-likeness (QED) is 0.495. The molecule has 6 nitrogen and oxygen atoms in total. The second-order valence-corrected chi connectivity index (χ2v) is 7.64. The Balaban J connectivity index is 1.32. The number of carbonyl (C=O) groups is 2. The Morgan fingerprint density at radius 2 is 1.77 bits per heavy atom. The molecule has 3 rings (SSSR count). The van der Waals surface area contributed by atoms with Gasteiger partial charge in [-0.2, -0.15) is 0 Å². The molecule has 0 fully saturated rings. The number of nitrogens with zero attached hydrogens (tertiary/aromatic N) is 1. The maximum atomic E-state index is 11.9. The van der Waals surface area contributed by atoms with Crippen LogP contribution in [0.1, 0.15) is 43.2 Å². The maximum Gasteiger partial charge on any atom is 0.306 e. The molecule has 0 bridgehead atoms. The maximum absolute atomic E-state index is 11.9. The number of oxazole rings is 1. The van der Waals surface area contributed by atoms with Gasteiger partial charge in [0.15, 0.2) is 18.3 Å². The Kier molecular flexibility index (Phi) is 7.98. The number of amides is 1. The first kappa shape index (κ1) is 22.3. The number of aryl methyl sites for hydroxylation is 1. The third kappa shape index (κ3) is 7.10. The average molecular weight is 421 g/mol. The molecule has 0 aliphatic rings. The molecule has 162 valence electrons. The van der Waals surface area contributed by atoms with E-state index >= 15 is 0 Å². The third-order valence-corrected chi connectivity index (χ3v) is 4.90. The topological polar surface area (TPSA) is 81.4 Å². The van der Waals surface area contributed by atoms with Gasteiger partial charge in [0.05, 0.1) is 12.6 Å². The van der Waals surface area contributed by atoms with Crippen LogP contribution in [0.3, 0.4) is 0 Å². The van der Waals surface area contributed by atoms with E-state index in [9.17, 15) is 9.59 Å². The predicted molar refractivity (Wildman–Crippen MR) is 118 cm³/mol. The van der Waals surface area contributed by atoms with Crippen LogP contribution in [-0.4, -0.2) is 30.0 Å². The summed E-state index contributed by atoms with van der Waals surface area (Å²) in [7, 11) is 0. The monoisotopic (exact) mass is 420 g/mol. The molecule has 0 spiro atoms. The molecule has 0 saturated carbocycles. The van der Waals surface area contributed by atoms with Crippen molar-refractivity contribution in [2.75, 3.05) is 13.2 Å². The summed E-state index contributed by atoms with van der Waals surface area (Å²) in [5.41, 5.74) is 3.37. The normalized spacial score (nSPS) is 10.8. The van der Waals surface area contributed by atoms with Crippen LogP contribution in [0, 0.1) is 0 Å². The van der Waals surface area contributed by atoms with Gasteiger partial charge in [0, 0.05) is 18.5 Å². The number of hydrogen-bond donors (Lipinski definition) is 1. The molecular formula is C25H28N2O4. The molecule has 0 aliphatic carbocycles. The molecule has 0 radical (unpaired) electrons. The van der Waals surface area contributed by atoms with Gasteiger partial charge < -0.3 is 14.5 Å². The number of benzene rings is 2. The largest absolute Gasteiger partial charge is 0.456 e. The van der Waals surface area contributed by atoms with E-state index in [0.29, 0.717) is 30.5 Å². The molecule has 2 aromatic carbocycles. The van der Waals surface area contributed by atoms with Crippen molar-refractivity contribution >= 4 is 11.9 Å². The summed E-state index contributed by atoms with van der Waals surface area (Å²) in [6, 6.07) is 18.0. The first-order valence-corrected chi connectivity index (χ1v) is 10.5. The second-order valence-electron chi connectivity index (χ2n) is 7.64. The molecule has 3 aromatic rings. The lowest BCUT2D eigenvalue weighted by atomic mass is 10.0. The van der Waals surface area contributed by atoms with Crippen LogP contribution in [0.5, 0.6) is 0 Å². The summed E-state index contributed by atoms with van der Waals surface area (Å²) in [6.07, 6.45) is 2.79. The number of nitrogens with one attached hydrogen (secondary N) is 1. The molecule has 0 aliphatic heterocycles. The van der Waals surface area contributed by atoms with Crippen LogP contribution >= 0.6 is 0 Å². The van der Waals surface area contributed by atoms with Crippen LogP contribution in [0.4, 0.5) is 0 Å². The van der Waals surface area contributed by atoms with E-state index in [1.807, 2.05) is 30.3 Å². The van der Waals surface area contributed by atoms with E-state index < -0.39 is 5.97 Å². The summed E-state index contributed by atoms with van der Waals surface area (Å²) >= 11 is 0. The average Bonchev–Trinajstić information content (AvgIpc) is 3.26. The van der Waals surface area contributed by atoms with Crippen molar-refractivity contribution in [3.05, 3.63) is 77.8 Å². The van der Waals surface area contributed by atoms with Crippen LogP contribution in [-0.2, 0) is 27.2 Å². The highest BCUT2D eigenvalue weighted by molar-refractivity contribution is 5.80. The lowest BCUT2D eigenvalue weighted by molar-refractivity contribution is -0.148. The molecular weight excluding hydrogens is 392 g/mol. The van der Waals surface area contributed by atoms with Gasteiger partial charge >= 0.3 is 5.97 Å². The van der Waals surface area contributed by atoms with E-state index in [4.69, 9.17) is 9.15 Å². The Labute approximate surface area is 182 Å². The van der Waals surface area contributed by atoms with Crippen LogP contribution in [0.2, 0.25) is 0 Å². The van der Waals surface area contributed by atoms with E-state index in [1.54, 1.807) is 6.20 Å². The smallest absolute Gasteiger partial charge is 0.306 e. The van der Waals surface area contributed by atoms with Gasteiger partial charge in [-0.25, -0.2) is 4.98 Å². The van der Waals surface area contributed by atoms with Gasteiger partial charge in [0.2, 0.25) is 0 Å². The van der Waals surface area contributed by atoms with E-state index in [2.05, 4.69) is 48.4 Å². The fourth-order valence-electron chi connectivity index (χ4n) is 3.06. The molecule has 0 atom stereocenters. The number of carbonyl (C=O) groups excluding carboxylic acids is 2. The van der Waals surface area contributed by atoms with Gasteiger partial charge in [0.1, 0.15) is 0 Å². The SMILES string of the molecule is CC(C)c1ccc(CCNC(=O)COC(=O)CCc2ncc(-c3ccccc3)o2)cc1. The van der Waals surface area contributed by atoms with E-state index in [0.717, 1.165) is 17.5 Å². The minimum atomic E-state index is -0.459. The third-order valence-electron chi connectivity index (χ3n) is 4.90. The van der Waals surface area contributed by atoms with Crippen molar-refractivity contribution in [2.45, 2.75) is 39.0 Å². The number of ether oxygens (including phenoxy) is 1. The molecule has 0 saturated heterocycles. The Morgan fingerprint density at radius 1 is 1.03 bits per heavy atom. The zero-order valence-corrected chi connectivity index (χ0v) is 18.0. The highest BCUT2D eigenvalue weighted by Crippen LogP contribution is 2.20. The number of hydrogen-bond acceptors (Lipinski definition) is 5. The predicted octanol–water partition coefficient (Wildman–Crippen LogP) is 4.30. The van der Waals surface area contributed by atoms with Crippen LogP contribution in [0.25, 0.3) is 11.3 Å². The summed E-state index contributed by atoms with van der Waals surface area (Å²) < 4.78 is 10.7. The van der Waals surface area contributed by atoms with Crippen molar-refractivity contribution in [3.63, 3.8) is 0 Å². The number of rotatable bonds is 10. The Morgan fingerprint density at radius 3 is 2.48 bits per heavy atom. The zero-order valence-electron chi connectivity index (χ0n) is 18.0. The van der Waals surface area contributed by atoms with Gasteiger partial charge in [0.25, 0.3) is 5.91 Å². The first-order chi connectivity index (χ1) is 15.0. The molecule has 1 heterocycles. The summed E-state index contributed by atoms with van der Waals surface area (Å²) in [6.45, 7) is 4.52. The van der Waals surface area contributed by atoms with Gasteiger partial charge in [-0.3, -0.25) is 9.59 Å². The van der Waals surface area contributed by atoms with Crippen LogP contribution < -0.4 is 5.32 Å². The van der Waals surface area contributed by atoms with Crippen molar-refractivity contribution in [1.29, 1.82) is 0 Å². The standard InChI is InChI=1S/C25H28N2O4/c1-18(2)20-10-8-19(9-11-20)14-15-26-23(28)17-30-25(29)13-12-24-27-16-22(31-24)21-6-4-3-5-7-21/h3-11,16,18H,12-15,17H2,1-2H3,(H,26,28). The number of esters is 1. The highest BCUT2D eigenvalue weighted by atomic mass is 16.5. The van der Waals surface area contributed by atoms with E-state index in [1.165, 1.54) is 5.56 Å². The van der Waals surface area contributed by atoms with Gasteiger partial charge in [-0.15, -0.1) is 0 Å². The van der Waals surface area contributed by atoms with Gasteiger partial charge in [-0.05, 0) is 23.5 Å². The summed E-state index contributed by atoms with van der Waals surface area (Å²) in [4.78, 5) is 28.0. The second kappa shape index (κ2) is 11.1. The van der Waals surface area contributed by atoms with E-state index in [-0.39, 0.29) is 18.9 Å². The minimum absolute atomic E-state index is 0.101. The molecule has 1 amide bonds.